The van der Waals surface area contributed by atoms with E-state index >= 15 is 0 Å². The zero-order valence-corrected chi connectivity index (χ0v) is 16.6. The predicted molar refractivity (Wildman–Crippen MR) is 117 cm³/mol. The fraction of sp³-hybridized carbons (Fsp3) is 0.200. The monoisotopic (exact) mass is 378 g/mol. The van der Waals surface area contributed by atoms with Gasteiger partial charge in [0, 0.05) is 11.1 Å². The van der Waals surface area contributed by atoms with Gasteiger partial charge in [0.1, 0.15) is 0 Å². The van der Waals surface area contributed by atoms with Gasteiger partial charge in [0.2, 0.25) is 11.9 Å². The average molecular weight is 378 g/mol. The van der Waals surface area contributed by atoms with Crippen LogP contribution < -0.4 is 22.9 Å². The van der Waals surface area contributed by atoms with Gasteiger partial charge in [-0.3, -0.25) is 0 Å². The van der Waals surface area contributed by atoms with Crippen molar-refractivity contribution in [3.63, 3.8) is 0 Å². The summed E-state index contributed by atoms with van der Waals surface area (Å²) >= 11 is 0. The van der Waals surface area contributed by atoms with Crippen LogP contribution in [-0.4, -0.2) is 23.3 Å². The Bertz CT molecular complexity index is 910. The van der Waals surface area contributed by atoms with Crippen LogP contribution in [0.5, 0.6) is 0 Å². The zero-order chi connectivity index (χ0) is 20.8. The van der Waals surface area contributed by atoms with Crippen LogP contribution in [0, 0.1) is 13.8 Å². The molecule has 0 aliphatic rings. The minimum atomic E-state index is -0.0668. The first-order chi connectivity index (χ1) is 13.2. The van der Waals surface area contributed by atoms with Crippen molar-refractivity contribution in [1.29, 1.82) is 0 Å². The number of rotatable bonds is 5. The maximum atomic E-state index is 5.33. The first kappa shape index (κ1) is 20.6. The Kier molecular flexibility index (Phi) is 6.49. The molecule has 0 fully saturated rings. The van der Waals surface area contributed by atoms with E-state index in [9.17, 15) is 0 Å². The summed E-state index contributed by atoms with van der Waals surface area (Å²) in [5.41, 5.74) is 29.2. The number of nitrogens with zero attached hydrogens (tertiary/aromatic N) is 4. The lowest BCUT2D eigenvalue weighted by Crippen LogP contribution is -2.22. The second kappa shape index (κ2) is 8.81. The third kappa shape index (κ3) is 5.16. The van der Waals surface area contributed by atoms with Crippen LogP contribution in [0.2, 0.25) is 0 Å². The van der Waals surface area contributed by atoms with E-state index in [0.717, 1.165) is 44.8 Å². The second-order valence-electron chi connectivity index (χ2n) is 6.48. The Hall–Kier alpha value is -3.68. The lowest BCUT2D eigenvalue weighted by molar-refractivity contribution is 1.19. The van der Waals surface area contributed by atoms with Crippen molar-refractivity contribution >= 4 is 23.3 Å². The molecule has 8 nitrogen and oxygen atoms in total. The van der Waals surface area contributed by atoms with Crippen LogP contribution in [0.1, 0.15) is 36.1 Å². The summed E-state index contributed by atoms with van der Waals surface area (Å²) in [7, 11) is 0. The Balaban J connectivity index is 2.36. The molecule has 0 atom stereocenters. The van der Waals surface area contributed by atoms with Crippen LogP contribution in [0.25, 0.3) is 11.1 Å². The normalized spacial score (nSPS) is 11.9. The Morgan fingerprint density at radius 2 is 0.964 bits per heavy atom. The third-order valence-corrected chi connectivity index (χ3v) is 4.20. The first-order valence-electron chi connectivity index (χ1n) is 8.68. The van der Waals surface area contributed by atoms with Crippen LogP contribution in [0.15, 0.2) is 56.8 Å². The molecule has 2 aromatic rings. The summed E-state index contributed by atoms with van der Waals surface area (Å²) in [4.78, 5) is 0. The lowest BCUT2D eigenvalue weighted by Gasteiger charge is -2.11. The number of nitrogens with two attached hydrogens (primary N) is 4. The van der Waals surface area contributed by atoms with Gasteiger partial charge in [0.15, 0.2) is 0 Å². The van der Waals surface area contributed by atoms with Crippen LogP contribution >= 0.6 is 0 Å². The molecule has 0 bridgehead atoms. The molecule has 0 saturated heterocycles. The molecule has 0 heterocycles. The lowest BCUT2D eigenvalue weighted by atomic mass is 9.95. The molecular formula is C20H26N8. The Labute approximate surface area is 164 Å². The van der Waals surface area contributed by atoms with Crippen LogP contribution in [0.3, 0.4) is 0 Å². The van der Waals surface area contributed by atoms with E-state index < -0.39 is 0 Å². The summed E-state index contributed by atoms with van der Waals surface area (Å²) < 4.78 is 0. The van der Waals surface area contributed by atoms with E-state index in [4.69, 9.17) is 22.9 Å². The fourth-order valence-corrected chi connectivity index (χ4v) is 2.87. The summed E-state index contributed by atoms with van der Waals surface area (Å²) in [5, 5.41) is 15.5. The molecular weight excluding hydrogens is 352 g/mol. The quantitative estimate of drug-likeness (QED) is 0.357. The summed E-state index contributed by atoms with van der Waals surface area (Å²) in [5.74, 6) is -0.134. The Morgan fingerprint density at radius 3 is 1.25 bits per heavy atom. The van der Waals surface area contributed by atoms with Crippen molar-refractivity contribution in [1.82, 2.24) is 0 Å². The molecule has 2 rings (SSSR count). The van der Waals surface area contributed by atoms with Gasteiger partial charge in [-0.05, 0) is 49.9 Å². The molecule has 146 valence electrons. The molecule has 0 saturated carbocycles. The van der Waals surface area contributed by atoms with Crippen LogP contribution in [0.4, 0.5) is 0 Å². The predicted octanol–water partition coefficient (Wildman–Crippen LogP) is 1.97. The summed E-state index contributed by atoms with van der Waals surface area (Å²) in [6.45, 7) is 7.79. The van der Waals surface area contributed by atoms with Gasteiger partial charge in [0.25, 0.3) is 0 Å². The summed E-state index contributed by atoms with van der Waals surface area (Å²) in [6, 6.07) is 12.3. The van der Waals surface area contributed by atoms with Gasteiger partial charge in [0.05, 0.1) is 11.4 Å². The highest BCUT2D eigenvalue weighted by molar-refractivity contribution is 6.01. The van der Waals surface area contributed by atoms with E-state index in [1.807, 2.05) is 52.0 Å². The topological polar surface area (TPSA) is 154 Å². The molecule has 8 heteroatoms. The molecule has 2 aromatic carbocycles. The minimum absolute atomic E-state index is 0.0668. The van der Waals surface area contributed by atoms with E-state index in [1.54, 1.807) is 0 Å². The maximum absolute atomic E-state index is 5.33. The van der Waals surface area contributed by atoms with Crippen molar-refractivity contribution in [2.45, 2.75) is 27.7 Å². The van der Waals surface area contributed by atoms with Crippen molar-refractivity contribution in [2.75, 3.05) is 0 Å². The number of guanidine groups is 2. The first-order valence-corrected chi connectivity index (χ1v) is 8.68. The van der Waals surface area contributed by atoms with Gasteiger partial charge in [-0.2, -0.15) is 10.2 Å². The van der Waals surface area contributed by atoms with E-state index in [1.165, 1.54) is 0 Å². The van der Waals surface area contributed by atoms with Crippen molar-refractivity contribution < 1.29 is 0 Å². The molecule has 0 radical (unpaired) electrons. The minimum Gasteiger partial charge on any atom is -0.369 e. The molecule has 0 spiro atoms. The number of hydrogen-bond acceptors (Lipinski definition) is 4. The van der Waals surface area contributed by atoms with Crippen LogP contribution in [-0.2, 0) is 0 Å². The standard InChI is InChI=1S/C20H26N8/c1-11-9-15(5-7-17(11)13(3)25-27-19(21)22)16-6-8-18(12(2)10-16)14(4)26-28-20(23)24/h5-10H,1-4H3,(H4,21,22,27)(H4,23,24,28)/b25-13+,26-14+. The Morgan fingerprint density at radius 1 is 0.607 bits per heavy atom. The van der Waals surface area contributed by atoms with E-state index in [2.05, 4.69) is 32.5 Å². The third-order valence-electron chi connectivity index (χ3n) is 4.20. The highest BCUT2D eigenvalue weighted by Crippen LogP contribution is 2.25. The fourth-order valence-electron chi connectivity index (χ4n) is 2.87. The number of aryl methyl sites for hydroxylation is 2. The smallest absolute Gasteiger partial charge is 0.211 e. The average Bonchev–Trinajstić information content (AvgIpc) is 2.63. The molecule has 28 heavy (non-hydrogen) atoms. The SMILES string of the molecule is C/C(=N\N=C(N)N)c1ccc(-c2ccc(/C(C)=N/N=C(N)N)c(C)c2)cc1C. The van der Waals surface area contributed by atoms with Crippen molar-refractivity contribution in [3.8, 4) is 11.1 Å². The van der Waals surface area contributed by atoms with Gasteiger partial charge in [-0.1, -0.05) is 36.4 Å². The van der Waals surface area contributed by atoms with Crippen molar-refractivity contribution in [3.05, 3.63) is 58.7 Å². The molecule has 0 aliphatic carbocycles. The maximum Gasteiger partial charge on any atom is 0.211 e. The van der Waals surface area contributed by atoms with E-state index in [-0.39, 0.29) is 11.9 Å². The van der Waals surface area contributed by atoms with Gasteiger partial charge < -0.3 is 22.9 Å². The zero-order valence-electron chi connectivity index (χ0n) is 16.6. The molecule has 0 aromatic heterocycles. The molecule has 0 amide bonds. The van der Waals surface area contributed by atoms with E-state index in [0.29, 0.717) is 0 Å². The summed E-state index contributed by atoms with van der Waals surface area (Å²) in [6.07, 6.45) is 0. The van der Waals surface area contributed by atoms with Gasteiger partial charge >= 0.3 is 0 Å². The number of benzene rings is 2. The molecule has 0 unspecified atom stereocenters. The number of hydrogen-bond donors (Lipinski definition) is 4. The van der Waals surface area contributed by atoms with Crippen molar-refractivity contribution in [2.24, 2.45) is 43.3 Å². The highest BCUT2D eigenvalue weighted by Gasteiger charge is 2.08. The largest absolute Gasteiger partial charge is 0.369 e. The molecule has 8 N–H and O–H groups in total. The molecule has 0 aliphatic heterocycles. The second-order valence-corrected chi connectivity index (χ2v) is 6.48. The highest BCUT2D eigenvalue weighted by atomic mass is 15.3. The van der Waals surface area contributed by atoms with Gasteiger partial charge in [-0.25, -0.2) is 0 Å². The van der Waals surface area contributed by atoms with Gasteiger partial charge in [-0.15, -0.1) is 10.2 Å².